The molecule has 4 heterocycles. The zero-order chi connectivity index (χ0) is 32.2. The minimum atomic E-state index is -3.43. The van der Waals surface area contributed by atoms with E-state index in [9.17, 15) is 23.3 Å². The molecular formula is C36H30N4O5S. The van der Waals surface area contributed by atoms with Gasteiger partial charge in [-0.05, 0) is 67.3 Å². The first-order chi connectivity index (χ1) is 22.1. The Bertz CT molecular complexity index is 2130. The first kappa shape index (κ1) is 29.4. The number of fused-ring (bicyclic) bond motifs is 1. The number of imide groups is 1. The van der Waals surface area contributed by atoms with Crippen molar-refractivity contribution in [3.8, 4) is 28.8 Å². The average molecular weight is 631 g/mol. The van der Waals surface area contributed by atoms with Crippen LogP contribution in [0.2, 0.25) is 0 Å². The van der Waals surface area contributed by atoms with Gasteiger partial charge in [-0.15, -0.1) is 0 Å². The molecule has 4 aromatic rings. The number of hydrogen-bond donors (Lipinski definition) is 0. The number of aryl methyl sites for hydroxylation is 1. The Hall–Kier alpha value is -5.27. The Balaban J connectivity index is 1.46. The molecule has 46 heavy (non-hydrogen) atoms. The quantitative estimate of drug-likeness (QED) is 0.222. The van der Waals surface area contributed by atoms with Gasteiger partial charge in [0.25, 0.3) is 11.8 Å². The van der Waals surface area contributed by atoms with E-state index in [1.807, 2.05) is 68.6 Å². The van der Waals surface area contributed by atoms with Crippen molar-refractivity contribution < 1.29 is 22.7 Å². The molecule has 2 atom stereocenters. The Morgan fingerprint density at radius 1 is 1.00 bits per heavy atom. The van der Waals surface area contributed by atoms with Gasteiger partial charge in [-0.2, -0.15) is 10.4 Å². The summed E-state index contributed by atoms with van der Waals surface area (Å²) in [6.45, 7) is 4.02. The van der Waals surface area contributed by atoms with E-state index >= 15 is 0 Å². The molecule has 0 bridgehead atoms. The van der Waals surface area contributed by atoms with Crippen LogP contribution in [-0.2, 0) is 25.8 Å². The highest BCUT2D eigenvalue weighted by Gasteiger charge is 2.45. The van der Waals surface area contributed by atoms with Gasteiger partial charge in [0.2, 0.25) is 0 Å². The molecule has 0 radical (unpaired) electrons. The summed E-state index contributed by atoms with van der Waals surface area (Å²) in [5, 5.41) is 15.3. The van der Waals surface area contributed by atoms with Crippen molar-refractivity contribution in [2.24, 2.45) is 0 Å². The molecule has 2 unspecified atom stereocenters. The maximum Gasteiger partial charge on any atom is 0.272 e. The van der Waals surface area contributed by atoms with Gasteiger partial charge in [-0.25, -0.2) is 13.1 Å². The number of ether oxygens (including phenoxy) is 1. The predicted molar refractivity (Wildman–Crippen MR) is 173 cm³/mol. The third-order valence-corrected chi connectivity index (χ3v) is 10.4. The lowest BCUT2D eigenvalue weighted by Gasteiger charge is -2.32. The molecule has 1 aromatic heterocycles. The van der Waals surface area contributed by atoms with Crippen LogP contribution in [0.1, 0.15) is 35.6 Å². The Kier molecular flexibility index (Phi) is 7.21. The molecule has 0 aliphatic carbocycles. The van der Waals surface area contributed by atoms with Gasteiger partial charge in [0.05, 0.1) is 34.5 Å². The van der Waals surface area contributed by atoms with Crippen LogP contribution in [0.5, 0.6) is 5.75 Å². The number of aromatic nitrogens is 2. The number of benzene rings is 3. The summed E-state index contributed by atoms with van der Waals surface area (Å²) in [5.74, 6) is -1.01. The number of sulfone groups is 1. The van der Waals surface area contributed by atoms with E-state index in [2.05, 4.69) is 6.07 Å². The van der Waals surface area contributed by atoms with E-state index in [-0.39, 0.29) is 40.7 Å². The number of hydrogen-bond acceptors (Lipinski definition) is 7. The zero-order valence-electron chi connectivity index (χ0n) is 25.3. The van der Waals surface area contributed by atoms with Crippen LogP contribution < -0.4 is 4.74 Å². The van der Waals surface area contributed by atoms with E-state index < -0.39 is 27.7 Å². The summed E-state index contributed by atoms with van der Waals surface area (Å²) in [5.41, 5.74) is 5.53. The van der Waals surface area contributed by atoms with Crippen molar-refractivity contribution in [3.63, 3.8) is 0 Å². The van der Waals surface area contributed by atoms with E-state index in [0.717, 1.165) is 39.4 Å². The summed E-state index contributed by atoms with van der Waals surface area (Å²) >= 11 is 0. The fourth-order valence-electron chi connectivity index (χ4n) is 6.59. The van der Waals surface area contributed by atoms with E-state index in [4.69, 9.17) is 9.84 Å². The topological polar surface area (TPSA) is 122 Å². The van der Waals surface area contributed by atoms with Gasteiger partial charge in [0.1, 0.15) is 23.5 Å². The summed E-state index contributed by atoms with van der Waals surface area (Å²) in [6.07, 6.45) is 4.43. The fraction of sp³-hybridized carbons (Fsp3) is 0.222. The fourth-order valence-corrected chi connectivity index (χ4v) is 8.29. The van der Waals surface area contributed by atoms with Gasteiger partial charge < -0.3 is 4.74 Å². The third kappa shape index (κ3) is 5.12. The smallest absolute Gasteiger partial charge is 0.272 e. The molecule has 0 saturated carbocycles. The van der Waals surface area contributed by atoms with Crippen LogP contribution in [0.25, 0.3) is 28.6 Å². The van der Waals surface area contributed by atoms with Crippen molar-refractivity contribution in [2.75, 3.05) is 11.5 Å². The zero-order valence-corrected chi connectivity index (χ0v) is 26.1. The number of nitrogens with zero attached hydrogens (tertiary/aromatic N) is 4. The molecule has 3 aromatic carbocycles. The SMILES string of the molecule is Cc1cc(-c2nn(-c3ccccc3)cc2/C=C2\C(=O)N(C3CCS(=O)(=O)C3)C(=O)C(C#N)=C2c2ccccc2)cc2c1OC(C)C2. The highest BCUT2D eigenvalue weighted by Crippen LogP contribution is 2.40. The Morgan fingerprint density at radius 2 is 1.72 bits per heavy atom. The summed E-state index contributed by atoms with van der Waals surface area (Å²) in [6, 6.07) is 23.7. The lowest BCUT2D eigenvalue weighted by atomic mass is 9.86. The van der Waals surface area contributed by atoms with Crippen LogP contribution in [0, 0.1) is 18.3 Å². The monoisotopic (exact) mass is 630 g/mol. The molecule has 1 saturated heterocycles. The lowest BCUT2D eigenvalue weighted by molar-refractivity contribution is -0.142. The van der Waals surface area contributed by atoms with Crippen LogP contribution in [0.15, 0.2) is 90.1 Å². The number of rotatable bonds is 5. The number of para-hydroxylation sites is 1. The molecule has 10 heteroatoms. The standard InChI is InChI=1S/C36H30N4O5S/c1-22-15-25(17-26-16-23(2)45-34(22)26)33-27(20-39(38-33)28-11-7-4-8-12-28)18-30-32(24-9-5-3-6-10-24)31(19-37)36(42)40(35(30)41)29-13-14-46(43,44)21-29/h3-12,15,17-18,20,23,29H,13-14,16,21H2,1-2H3/b30-18-. The molecule has 3 aliphatic rings. The third-order valence-electron chi connectivity index (χ3n) is 8.66. The van der Waals surface area contributed by atoms with Gasteiger partial charge >= 0.3 is 0 Å². The van der Waals surface area contributed by atoms with Gasteiger partial charge in [0.15, 0.2) is 9.84 Å². The minimum absolute atomic E-state index is 0.0539. The van der Waals surface area contributed by atoms with Crippen LogP contribution in [-0.4, -0.2) is 58.6 Å². The maximum absolute atomic E-state index is 14.4. The molecule has 230 valence electrons. The van der Waals surface area contributed by atoms with Gasteiger partial charge in [-0.1, -0.05) is 48.5 Å². The van der Waals surface area contributed by atoms with E-state index in [0.29, 0.717) is 16.8 Å². The second kappa shape index (κ2) is 11.3. The number of nitriles is 1. The predicted octanol–water partition coefficient (Wildman–Crippen LogP) is 5.09. The van der Waals surface area contributed by atoms with Gasteiger partial charge in [0, 0.05) is 29.3 Å². The first-order valence-corrected chi connectivity index (χ1v) is 16.9. The average Bonchev–Trinajstić information content (AvgIpc) is 3.75. The molecule has 1 fully saturated rings. The molecule has 7 rings (SSSR count). The molecular weight excluding hydrogens is 600 g/mol. The van der Waals surface area contributed by atoms with Crippen molar-refractivity contribution in [2.45, 2.75) is 38.8 Å². The maximum atomic E-state index is 14.4. The number of carbonyl (C=O) groups is 2. The summed E-state index contributed by atoms with van der Waals surface area (Å²) < 4.78 is 32.6. The van der Waals surface area contributed by atoms with Gasteiger partial charge in [-0.3, -0.25) is 14.5 Å². The van der Waals surface area contributed by atoms with Crippen LogP contribution in [0.3, 0.4) is 0 Å². The van der Waals surface area contributed by atoms with Crippen molar-refractivity contribution in [3.05, 3.63) is 112 Å². The first-order valence-electron chi connectivity index (χ1n) is 15.1. The number of amides is 2. The Labute approximate surface area is 267 Å². The molecule has 0 N–H and O–H groups in total. The normalized spacial score (nSPS) is 21.4. The van der Waals surface area contributed by atoms with E-state index in [1.165, 1.54) is 0 Å². The highest BCUT2D eigenvalue weighted by atomic mass is 32.2. The van der Waals surface area contributed by atoms with Crippen molar-refractivity contribution >= 4 is 33.3 Å². The number of carbonyl (C=O) groups excluding carboxylic acids is 2. The molecule has 9 nitrogen and oxygen atoms in total. The van der Waals surface area contributed by atoms with Crippen molar-refractivity contribution in [1.82, 2.24) is 14.7 Å². The van der Waals surface area contributed by atoms with Crippen LogP contribution >= 0.6 is 0 Å². The van der Waals surface area contributed by atoms with Crippen molar-refractivity contribution in [1.29, 1.82) is 5.26 Å². The second-order valence-electron chi connectivity index (χ2n) is 12.0. The molecule has 3 aliphatic heterocycles. The second-order valence-corrected chi connectivity index (χ2v) is 14.2. The van der Waals surface area contributed by atoms with Crippen LogP contribution in [0.4, 0.5) is 0 Å². The molecule has 0 spiro atoms. The summed E-state index contributed by atoms with van der Waals surface area (Å²) in [4.78, 5) is 29.2. The Morgan fingerprint density at radius 3 is 2.39 bits per heavy atom. The van der Waals surface area contributed by atoms with E-state index in [1.54, 1.807) is 35.0 Å². The summed E-state index contributed by atoms with van der Waals surface area (Å²) in [7, 11) is -3.43. The molecule has 2 amide bonds. The highest BCUT2D eigenvalue weighted by molar-refractivity contribution is 7.91. The lowest BCUT2D eigenvalue weighted by Crippen LogP contribution is -2.49. The minimum Gasteiger partial charge on any atom is -0.490 e. The largest absolute Gasteiger partial charge is 0.490 e.